The highest BCUT2D eigenvalue weighted by atomic mass is 32.2. The monoisotopic (exact) mass is 641 g/mol. The Labute approximate surface area is 273 Å². The van der Waals surface area contributed by atoms with Gasteiger partial charge in [0.1, 0.15) is 18.3 Å². The first-order chi connectivity index (χ1) is 22.0. The molecule has 46 heavy (non-hydrogen) atoms. The van der Waals surface area contributed by atoms with Crippen LogP contribution in [0.1, 0.15) is 42.5 Å². The number of hydrogen-bond donors (Lipinski definition) is 1. The molecule has 0 aromatic heterocycles. The average Bonchev–Trinajstić information content (AvgIpc) is 3.06. The van der Waals surface area contributed by atoms with Gasteiger partial charge in [-0.15, -0.1) is 0 Å². The van der Waals surface area contributed by atoms with E-state index in [1.807, 2.05) is 82.3 Å². The summed E-state index contributed by atoms with van der Waals surface area (Å²) in [6.45, 7) is 7.39. The predicted octanol–water partition coefficient (Wildman–Crippen LogP) is 6.06. The first-order valence-corrected chi connectivity index (χ1v) is 16.9. The van der Waals surface area contributed by atoms with E-state index in [1.165, 1.54) is 24.1 Å². The lowest BCUT2D eigenvalue weighted by Crippen LogP contribution is -2.54. The van der Waals surface area contributed by atoms with Crippen LogP contribution < -0.4 is 14.4 Å². The highest BCUT2D eigenvalue weighted by molar-refractivity contribution is 7.92. The van der Waals surface area contributed by atoms with Crippen molar-refractivity contribution < 1.29 is 22.7 Å². The van der Waals surface area contributed by atoms with E-state index in [9.17, 15) is 18.0 Å². The van der Waals surface area contributed by atoms with Gasteiger partial charge in [0.25, 0.3) is 10.0 Å². The summed E-state index contributed by atoms with van der Waals surface area (Å²) >= 11 is 0. The van der Waals surface area contributed by atoms with E-state index in [0.717, 1.165) is 33.0 Å². The number of ether oxygens (including phenoxy) is 1. The molecule has 0 aliphatic heterocycles. The van der Waals surface area contributed by atoms with Crippen LogP contribution in [0.3, 0.4) is 0 Å². The fourth-order valence-electron chi connectivity index (χ4n) is 5.08. The Balaban J connectivity index is 1.81. The number of methoxy groups -OCH3 is 1. The first kappa shape index (κ1) is 34.2. The predicted molar refractivity (Wildman–Crippen MR) is 182 cm³/mol. The lowest BCUT2D eigenvalue weighted by atomic mass is 10.0. The largest absolute Gasteiger partial charge is 0.497 e. The zero-order valence-corrected chi connectivity index (χ0v) is 28.0. The van der Waals surface area contributed by atoms with Gasteiger partial charge in [-0.25, -0.2) is 8.42 Å². The van der Waals surface area contributed by atoms with Gasteiger partial charge in [-0.05, 0) is 80.3 Å². The molecule has 0 bridgehead atoms. The second kappa shape index (κ2) is 15.6. The number of anilines is 1. The summed E-state index contributed by atoms with van der Waals surface area (Å²) in [6, 6.07) is 29.3. The van der Waals surface area contributed by atoms with Gasteiger partial charge in [-0.2, -0.15) is 0 Å². The number of carbonyl (C=O) groups excluding carboxylic acids is 2. The molecule has 4 aromatic rings. The van der Waals surface area contributed by atoms with Crippen LogP contribution in [-0.4, -0.2) is 50.9 Å². The van der Waals surface area contributed by atoms with Crippen LogP contribution in [0.15, 0.2) is 108 Å². The molecule has 1 N–H and O–H groups in total. The van der Waals surface area contributed by atoms with E-state index < -0.39 is 28.5 Å². The van der Waals surface area contributed by atoms with Crippen molar-refractivity contribution in [3.63, 3.8) is 0 Å². The molecule has 0 aliphatic rings. The molecule has 0 unspecified atom stereocenters. The van der Waals surface area contributed by atoms with Gasteiger partial charge in [-0.3, -0.25) is 13.9 Å². The molecule has 2 atom stereocenters. The number of aryl methyl sites for hydroxylation is 2. The standard InChI is InChI=1S/C37H43N3O5S/c1-6-29(4)38-37(42)35(24-30-13-8-7-9-14-30)39(25-31-15-11-10-12-28(31)3)36(41)26-40(32-18-16-27(2)17-19-32)46(43,44)34-22-20-33(45-5)21-23-34/h7-23,29,35H,6,24-26H2,1-5H3,(H,38,42)/t29-,35+/m0/s1. The Morgan fingerprint density at radius 2 is 1.48 bits per heavy atom. The van der Waals surface area contributed by atoms with E-state index in [1.54, 1.807) is 36.4 Å². The smallest absolute Gasteiger partial charge is 0.264 e. The van der Waals surface area contributed by atoms with Crippen LogP contribution in [0, 0.1) is 13.8 Å². The molecule has 0 fully saturated rings. The SMILES string of the molecule is CC[C@H](C)NC(=O)[C@@H](Cc1ccccc1)N(Cc1ccccc1C)C(=O)CN(c1ccc(C)cc1)S(=O)(=O)c1ccc(OC)cc1. The molecule has 0 aliphatic carbocycles. The van der Waals surface area contributed by atoms with Gasteiger partial charge >= 0.3 is 0 Å². The minimum Gasteiger partial charge on any atom is -0.497 e. The molecule has 9 heteroatoms. The average molecular weight is 642 g/mol. The maximum atomic E-state index is 14.6. The van der Waals surface area contributed by atoms with Crippen LogP contribution in [0.5, 0.6) is 5.75 Å². The van der Waals surface area contributed by atoms with E-state index in [-0.39, 0.29) is 29.8 Å². The number of nitrogens with zero attached hydrogens (tertiary/aromatic N) is 2. The zero-order chi connectivity index (χ0) is 33.3. The van der Waals surface area contributed by atoms with Crippen molar-refractivity contribution in [3.05, 3.63) is 125 Å². The lowest BCUT2D eigenvalue weighted by molar-refractivity contribution is -0.140. The molecule has 0 heterocycles. The normalized spacial score (nSPS) is 12.5. The summed E-state index contributed by atoms with van der Waals surface area (Å²) in [4.78, 5) is 30.1. The second-order valence-electron chi connectivity index (χ2n) is 11.5. The second-order valence-corrected chi connectivity index (χ2v) is 13.4. The molecule has 4 aromatic carbocycles. The molecule has 0 radical (unpaired) electrons. The summed E-state index contributed by atoms with van der Waals surface area (Å²) < 4.78 is 34.8. The Bertz CT molecular complexity index is 1710. The van der Waals surface area contributed by atoms with Crippen LogP contribution in [-0.2, 0) is 32.6 Å². The molecule has 2 amide bonds. The Kier molecular flexibility index (Phi) is 11.6. The van der Waals surface area contributed by atoms with Crippen molar-refractivity contribution in [1.82, 2.24) is 10.2 Å². The summed E-state index contributed by atoms with van der Waals surface area (Å²) in [5.74, 6) is -0.279. The number of nitrogens with one attached hydrogen (secondary N) is 1. The number of sulfonamides is 1. The number of carbonyl (C=O) groups is 2. The van der Waals surface area contributed by atoms with Crippen LogP contribution in [0.4, 0.5) is 5.69 Å². The van der Waals surface area contributed by atoms with E-state index >= 15 is 0 Å². The summed E-state index contributed by atoms with van der Waals surface area (Å²) in [5, 5.41) is 3.07. The fraction of sp³-hybridized carbons (Fsp3) is 0.297. The van der Waals surface area contributed by atoms with Crippen LogP contribution in [0.2, 0.25) is 0 Å². The maximum absolute atomic E-state index is 14.6. The Morgan fingerprint density at radius 3 is 2.09 bits per heavy atom. The summed E-state index contributed by atoms with van der Waals surface area (Å²) in [6.07, 6.45) is 0.979. The quantitative estimate of drug-likeness (QED) is 0.181. The lowest BCUT2D eigenvalue weighted by Gasteiger charge is -2.34. The molecule has 0 saturated carbocycles. The van der Waals surface area contributed by atoms with Gasteiger partial charge in [0.2, 0.25) is 11.8 Å². The number of rotatable bonds is 14. The van der Waals surface area contributed by atoms with Crippen molar-refractivity contribution in [3.8, 4) is 5.75 Å². The molecule has 242 valence electrons. The third kappa shape index (κ3) is 8.54. The van der Waals surface area contributed by atoms with Gasteiger partial charge in [0.15, 0.2) is 0 Å². The van der Waals surface area contributed by atoms with Crippen LogP contribution >= 0.6 is 0 Å². The summed E-state index contributed by atoms with van der Waals surface area (Å²) in [5.41, 5.74) is 4.00. The fourth-order valence-corrected chi connectivity index (χ4v) is 6.49. The van der Waals surface area contributed by atoms with Crippen molar-refractivity contribution in [2.45, 2.75) is 64.1 Å². The topological polar surface area (TPSA) is 96.0 Å². The van der Waals surface area contributed by atoms with Crippen molar-refractivity contribution in [2.75, 3.05) is 18.0 Å². The van der Waals surface area contributed by atoms with Gasteiger partial charge in [0.05, 0.1) is 17.7 Å². The number of benzene rings is 4. The molecule has 8 nitrogen and oxygen atoms in total. The van der Waals surface area contributed by atoms with E-state index in [2.05, 4.69) is 5.32 Å². The zero-order valence-electron chi connectivity index (χ0n) is 27.1. The van der Waals surface area contributed by atoms with Crippen molar-refractivity contribution >= 4 is 27.5 Å². The molecule has 0 spiro atoms. The van der Waals surface area contributed by atoms with Crippen molar-refractivity contribution in [1.29, 1.82) is 0 Å². The highest BCUT2D eigenvalue weighted by Crippen LogP contribution is 2.27. The molecule has 4 rings (SSSR count). The Morgan fingerprint density at radius 1 is 0.848 bits per heavy atom. The number of hydrogen-bond acceptors (Lipinski definition) is 5. The third-order valence-electron chi connectivity index (χ3n) is 8.12. The Hall–Kier alpha value is -4.63. The minimum atomic E-state index is -4.20. The van der Waals surface area contributed by atoms with Gasteiger partial charge in [-0.1, -0.05) is 79.2 Å². The van der Waals surface area contributed by atoms with Crippen molar-refractivity contribution in [2.24, 2.45) is 0 Å². The highest BCUT2D eigenvalue weighted by Gasteiger charge is 2.35. The summed E-state index contributed by atoms with van der Waals surface area (Å²) in [7, 11) is -2.69. The van der Waals surface area contributed by atoms with Gasteiger partial charge < -0.3 is 15.0 Å². The van der Waals surface area contributed by atoms with E-state index in [0.29, 0.717) is 11.4 Å². The van der Waals surface area contributed by atoms with Crippen LogP contribution in [0.25, 0.3) is 0 Å². The first-order valence-electron chi connectivity index (χ1n) is 15.4. The maximum Gasteiger partial charge on any atom is 0.264 e. The minimum absolute atomic E-state index is 0.0162. The van der Waals surface area contributed by atoms with Gasteiger partial charge in [0, 0.05) is 19.0 Å². The number of amides is 2. The molecular weight excluding hydrogens is 598 g/mol. The third-order valence-corrected chi connectivity index (χ3v) is 9.91. The molecule has 0 saturated heterocycles. The van der Waals surface area contributed by atoms with E-state index in [4.69, 9.17) is 4.74 Å². The molecular formula is C37H43N3O5S.